The second-order valence-electron chi connectivity index (χ2n) is 7.66. The van der Waals surface area contributed by atoms with Crippen LogP contribution < -0.4 is 16.0 Å². The van der Waals surface area contributed by atoms with Crippen molar-refractivity contribution in [1.82, 2.24) is 20.9 Å². The zero-order chi connectivity index (χ0) is 22.5. The first-order valence-electron chi connectivity index (χ1n) is 10.5. The lowest BCUT2D eigenvalue weighted by molar-refractivity contribution is 0.0827. The summed E-state index contributed by atoms with van der Waals surface area (Å²) in [5.41, 5.74) is 1.66. The molecule has 1 atom stereocenters. The zero-order valence-corrected chi connectivity index (χ0v) is 21.9. The Morgan fingerprint density at radius 3 is 2.26 bits per heavy atom. The number of aliphatic imine (C=N–C) groups is 1. The Hall–Kier alpha value is -2.04. The highest BCUT2D eigenvalue weighted by molar-refractivity contribution is 14.0. The molecule has 0 aliphatic carbocycles. The number of guanidine groups is 1. The van der Waals surface area contributed by atoms with E-state index in [4.69, 9.17) is 4.74 Å². The van der Waals surface area contributed by atoms with Crippen LogP contribution in [0.2, 0.25) is 0 Å². The number of hydrogen-bond acceptors (Lipinski definition) is 4. The molecule has 0 bridgehead atoms. The van der Waals surface area contributed by atoms with Crippen LogP contribution in [0.15, 0.2) is 29.3 Å². The van der Waals surface area contributed by atoms with Gasteiger partial charge < -0.3 is 25.6 Å². The van der Waals surface area contributed by atoms with Gasteiger partial charge in [-0.1, -0.05) is 26.0 Å². The average molecular weight is 547 g/mol. The van der Waals surface area contributed by atoms with Crippen molar-refractivity contribution < 1.29 is 14.3 Å². The summed E-state index contributed by atoms with van der Waals surface area (Å²) in [5, 5.41) is 9.42. The molecule has 1 rings (SSSR count). The quantitative estimate of drug-likeness (QED) is 0.238. The Bertz CT molecular complexity index is 693. The van der Waals surface area contributed by atoms with E-state index in [1.165, 1.54) is 0 Å². The summed E-state index contributed by atoms with van der Waals surface area (Å²) in [6.07, 6.45) is 0.423. The third kappa shape index (κ3) is 11.8. The normalized spacial score (nSPS) is 11.9. The van der Waals surface area contributed by atoms with Crippen molar-refractivity contribution in [2.24, 2.45) is 10.9 Å². The predicted molar refractivity (Wildman–Crippen MR) is 136 cm³/mol. The van der Waals surface area contributed by atoms with Gasteiger partial charge in [0.05, 0.1) is 13.2 Å². The third-order valence-electron chi connectivity index (χ3n) is 4.24. The van der Waals surface area contributed by atoms with Crippen molar-refractivity contribution in [3.8, 4) is 0 Å². The standard InChI is InChI=1S/C22H37N5O3.HI/c1-7-23-21(25-15-19(13-16(3)4)26-22(29)30-8-2)24-14-17-9-11-18(12-10-17)20(28)27(5)6;/h9-12,16,19H,7-8,13-15H2,1-6H3,(H,26,29)(H2,23,24,25);1H. The highest BCUT2D eigenvalue weighted by atomic mass is 127. The smallest absolute Gasteiger partial charge is 0.407 e. The average Bonchev–Trinajstić information content (AvgIpc) is 2.69. The predicted octanol–water partition coefficient (Wildman–Crippen LogP) is 3.22. The fourth-order valence-corrected chi connectivity index (χ4v) is 2.84. The second-order valence-corrected chi connectivity index (χ2v) is 7.66. The Balaban J connectivity index is 0.00000900. The first-order valence-corrected chi connectivity index (χ1v) is 10.5. The number of nitrogens with one attached hydrogen (secondary N) is 3. The Labute approximate surface area is 203 Å². The number of carbonyl (C=O) groups is 2. The van der Waals surface area contributed by atoms with E-state index < -0.39 is 6.09 Å². The van der Waals surface area contributed by atoms with Gasteiger partial charge in [-0.2, -0.15) is 0 Å². The van der Waals surface area contributed by atoms with Gasteiger partial charge in [-0.25, -0.2) is 9.79 Å². The Morgan fingerprint density at radius 1 is 1.10 bits per heavy atom. The van der Waals surface area contributed by atoms with E-state index in [0.29, 0.717) is 37.1 Å². The number of nitrogens with zero attached hydrogens (tertiary/aromatic N) is 2. The number of alkyl carbamates (subject to hydrolysis) is 1. The molecule has 0 heterocycles. The van der Waals surface area contributed by atoms with E-state index in [-0.39, 0.29) is 35.9 Å². The first-order chi connectivity index (χ1) is 14.3. The Kier molecular flexibility index (Phi) is 14.7. The van der Waals surface area contributed by atoms with Crippen molar-refractivity contribution in [2.75, 3.05) is 33.8 Å². The van der Waals surface area contributed by atoms with Gasteiger partial charge in [-0.3, -0.25) is 4.79 Å². The second kappa shape index (κ2) is 15.7. The van der Waals surface area contributed by atoms with E-state index in [2.05, 4.69) is 34.8 Å². The van der Waals surface area contributed by atoms with Crippen LogP contribution in [0.25, 0.3) is 0 Å². The monoisotopic (exact) mass is 547 g/mol. The van der Waals surface area contributed by atoms with Crippen LogP contribution in [0.1, 0.15) is 50.0 Å². The molecule has 9 heteroatoms. The number of rotatable bonds is 10. The van der Waals surface area contributed by atoms with Crippen molar-refractivity contribution >= 4 is 41.9 Å². The minimum absolute atomic E-state index is 0. The Morgan fingerprint density at radius 2 is 1.74 bits per heavy atom. The summed E-state index contributed by atoms with van der Waals surface area (Å²) in [4.78, 5) is 30.0. The molecule has 0 saturated carbocycles. The number of benzene rings is 1. The first kappa shape index (κ1) is 29.0. The number of halogens is 1. The highest BCUT2D eigenvalue weighted by Crippen LogP contribution is 2.08. The van der Waals surface area contributed by atoms with Crippen LogP contribution >= 0.6 is 24.0 Å². The summed E-state index contributed by atoms with van der Waals surface area (Å²) in [5.74, 6) is 1.08. The van der Waals surface area contributed by atoms with Gasteiger partial charge >= 0.3 is 6.09 Å². The molecule has 2 amide bonds. The van der Waals surface area contributed by atoms with Crippen LogP contribution in [0, 0.1) is 5.92 Å². The molecule has 1 unspecified atom stereocenters. The molecule has 31 heavy (non-hydrogen) atoms. The molecule has 3 N–H and O–H groups in total. The van der Waals surface area contributed by atoms with E-state index in [0.717, 1.165) is 18.5 Å². The molecule has 0 spiro atoms. The molecule has 0 aliphatic heterocycles. The minimum atomic E-state index is -0.403. The van der Waals surface area contributed by atoms with E-state index in [9.17, 15) is 9.59 Å². The summed E-state index contributed by atoms with van der Waals surface area (Å²) in [6.45, 7) is 10.1. The topological polar surface area (TPSA) is 95.1 Å². The SMILES string of the molecule is CCNC(=NCc1ccc(C(=O)N(C)C)cc1)NCC(CC(C)C)NC(=O)OCC.I. The molecule has 176 valence electrons. The molecule has 0 radical (unpaired) electrons. The summed E-state index contributed by atoms with van der Waals surface area (Å²) in [6, 6.07) is 7.39. The van der Waals surface area contributed by atoms with Gasteiger partial charge in [-0.05, 0) is 43.9 Å². The number of ether oxygens (including phenoxy) is 1. The van der Waals surface area contributed by atoms with Crippen molar-refractivity contribution in [3.63, 3.8) is 0 Å². The lowest BCUT2D eigenvalue weighted by Gasteiger charge is -2.22. The molecular formula is C22H38IN5O3. The molecular weight excluding hydrogens is 509 g/mol. The summed E-state index contributed by atoms with van der Waals surface area (Å²) < 4.78 is 5.00. The number of carbonyl (C=O) groups excluding carboxylic acids is 2. The maximum atomic E-state index is 12.0. The molecule has 1 aromatic carbocycles. The fraction of sp³-hybridized carbons (Fsp3) is 0.591. The molecule has 0 aromatic heterocycles. The van der Waals surface area contributed by atoms with Crippen LogP contribution in [0.5, 0.6) is 0 Å². The number of hydrogen-bond donors (Lipinski definition) is 3. The third-order valence-corrected chi connectivity index (χ3v) is 4.24. The number of amides is 2. The van der Waals surface area contributed by atoms with Crippen molar-refractivity contribution in [2.45, 2.75) is 46.7 Å². The van der Waals surface area contributed by atoms with E-state index in [1.807, 2.05) is 31.2 Å². The van der Waals surface area contributed by atoms with Crippen LogP contribution in [-0.2, 0) is 11.3 Å². The van der Waals surface area contributed by atoms with Gasteiger partial charge in [0, 0.05) is 38.8 Å². The van der Waals surface area contributed by atoms with Crippen LogP contribution in [0.3, 0.4) is 0 Å². The fourth-order valence-electron chi connectivity index (χ4n) is 2.84. The van der Waals surface area contributed by atoms with Crippen molar-refractivity contribution in [3.05, 3.63) is 35.4 Å². The lowest BCUT2D eigenvalue weighted by Crippen LogP contribution is -2.47. The van der Waals surface area contributed by atoms with Crippen LogP contribution in [0.4, 0.5) is 4.79 Å². The lowest BCUT2D eigenvalue weighted by atomic mass is 10.0. The zero-order valence-electron chi connectivity index (χ0n) is 19.5. The molecule has 0 aliphatic rings. The molecule has 1 aromatic rings. The largest absolute Gasteiger partial charge is 0.450 e. The van der Waals surface area contributed by atoms with Crippen LogP contribution in [-0.4, -0.2) is 62.7 Å². The molecule has 8 nitrogen and oxygen atoms in total. The minimum Gasteiger partial charge on any atom is -0.450 e. The van der Waals surface area contributed by atoms with E-state index >= 15 is 0 Å². The highest BCUT2D eigenvalue weighted by Gasteiger charge is 2.15. The van der Waals surface area contributed by atoms with Crippen molar-refractivity contribution in [1.29, 1.82) is 0 Å². The summed E-state index contributed by atoms with van der Waals surface area (Å²) in [7, 11) is 3.47. The van der Waals surface area contributed by atoms with E-state index in [1.54, 1.807) is 25.9 Å². The maximum absolute atomic E-state index is 12.0. The molecule has 0 saturated heterocycles. The van der Waals surface area contributed by atoms with Gasteiger partial charge in [0.1, 0.15) is 0 Å². The van der Waals surface area contributed by atoms with Gasteiger partial charge in [0.2, 0.25) is 0 Å². The summed E-state index contributed by atoms with van der Waals surface area (Å²) >= 11 is 0. The molecule has 0 fully saturated rings. The van der Waals surface area contributed by atoms with Gasteiger partial charge in [0.15, 0.2) is 5.96 Å². The van der Waals surface area contributed by atoms with Gasteiger partial charge in [0.25, 0.3) is 5.91 Å². The van der Waals surface area contributed by atoms with Gasteiger partial charge in [-0.15, -0.1) is 24.0 Å². The maximum Gasteiger partial charge on any atom is 0.407 e.